The smallest absolute Gasteiger partial charge is 0.0213 e. The molecule has 6 unspecified atom stereocenters. The van der Waals surface area contributed by atoms with Gasteiger partial charge in [-0.1, -0.05) is 279 Å². The Morgan fingerprint density at radius 1 is 0.305 bits per heavy atom. The average molecular weight is 830 g/mol. The third-order valence-electron chi connectivity index (χ3n) is 20.2. The highest BCUT2D eigenvalue weighted by molar-refractivity contribution is 5.09. The van der Waals surface area contributed by atoms with Gasteiger partial charge in [0, 0.05) is 0 Å². The second-order valence-corrected chi connectivity index (χ2v) is 24.0. The van der Waals surface area contributed by atoms with E-state index >= 15 is 0 Å². The molecule has 0 spiro atoms. The van der Waals surface area contributed by atoms with Crippen LogP contribution in [0.25, 0.3) is 0 Å². The molecule has 1 fully saturated rings. The maximum atomic E-state index is 2.75. The molecule has 0 heterocycles. The average Bonchev–Trinajstić information content (AvgIpc) is 3.75. The van der Waals surface area contributed by atoms with Gasteiger partial charge in [-0.25, -0.2) is 0 Å². The van der Waals surface area contributed by atoms with Crippen LogP contribution >= 0.6 is 0 Å². The molecule has 1 aliphatic carbocycles. The van der Waals surface area contributed by atoms with Crippen LogP contribution in [0, 0.1) is 49.2 Å². The second kappa shape index (κ2) is 28.0. The highest BCUT2D eigenvalue weighted by atomic mass is 14.6. The zero-order valence-corrected chi connectivity index (χ0v) is 45.5. The molecule has 0 nitrogen and oxygen atoms in total. The topological polar surface area (TPSA) is 0 Å². The minimum Gasteiger partial charge on any atom is -0.0654 e. The number of unbranched alkanes of at least 4 members (excludes halogenated alkanes) is 8. The lowest BCUT2D eigenvalue weighted by Crippen LogP contribution is -2.56. The van der Waals surface area contributed by atoms with Crippen molar-refractivity contribution >= 4 is 0 Å². The minimum absolute atomic E-state index is 0.386. The summed E-state index contributed by atoms with van der Waals surface area (Å²) in [5, 5.41) is 0. The van der Waals surface area contributed by atoms with Gasteiger partial charge < -0.3 is 0 Å². The van der Waals surface area contributed by atoms with Crippen LogP contribution in [0.3, 0.4) is 0 Å². The van der Waals surface area contributed by atoms with Crippen molar-refractivity contribution in [3.05, 3.63) is 0 Å². The van der Waals surface area contributed by atoms with Crippen LogP contribution in [0.15, 0.2) is 0 Å². The second-order valence-electron chi connectivity index (χ2n) is 24.0. The van der Waals surface area contributed by atoms with Crippen LogP contribution in [-0.2, 0) is 0 Å². The monoisotopic (exact) mass is 829 g/mol. The molecule has 59 heavy (non-hydrogen) atoms. The van der Waals surface area contributed by atoms with Crippen LogP contribution in [0.5, 0.6) is 0 Å². The molecule has 356 valence electrons. The maximum Gasteiger partial charge on any atom is -0.0213 e. The first-order chi connectivity index (χ1) is 27.6. The van der Waals surface area contributed by atoms with E-state index in [9.17, 15) is 0 Å². The van der Waals surface area contributed by atoms with Gasteiger partial charge in [0.05, 0.1) is 0 Å². The Kier molecular flexibility index (Phi) is 28.0. The van der Waals surface area contributed by atoms with Crippen molar-refractivity contribution in [2.75, 3.05) is 0 Å². The highest BCUT2D eigenvalue weighted by Crippen LogP contribution is 2.68. The molecular weight excluding hydrogens is 709 g/mol. The van der Waals surface area contributed by atoms with Crippen LogP contribution in [-0.4, -0.2) is 0 Å². The van der Waals surface area contributed by atoms with Crippen molar-refractivity contribution in [3.8, 4) is 0 Å². The van der Waals surface area contributed by atoms with Crippen molar-refractivity contribution in [2.45, 2.75) is 331 Å². The van der Waals surface area contributed by atoms with Gasteiger partial charge in [0.2, 0.25) is 0 Å². The summed E-state index contributed by atoms with van der Waals surface area (Å²) in [7, 11) is 0. The Hall–Kier alpha value is 0. The van der Waals surface area contributed by atoms with E-state index in [2.05, 4.69) is 132 Å². The van der Waals surface area contributed by atoms with Crippen LogP contribution < -0.4 is 0 Å². The number of hydrogen-bond acceptors (Lipinski definition) is 0. The molecular formula is C59H120. The fraction of sp³-hybridized carbons (Fsp3) is 1.00. The van der Waals surface area contributed by atoms with Crippen molar-refractivity contribution in [2.24, 2.45) is 49.2 Å². The standard InChI is InChI=1S/C32H64.C27H56/c1-10-14-25-30(7,13-4)32(9,27-16-12-3)31(8,26-15-11-2)29(5,6)24-20-19-23-28-21-17-18-22-28;1-11-16-20-24(6,7)26(9,22-18-13-3)27(10,23-19-14-4)25(8,15-5)21-17-12-2/h28H,10-27H2,1-9H3;11-23H2,1-10H3. The number of rotatable bonds is 34. The summed E-state index contributed by atoms with van der Waals surface area (Å²) in [6.45, 7) is 48.4. The Bertz CT molecular complexity index is 1030. The lowest BCUT2D eigenvalue weighted by molar-refractivity contribution is -0.145. The van der Waals surface area contributed by atoms with E-state index in [0.717, 1.165) is 5.92 Å². The molecule has 0 amide bonds. The van der Waals surface area contributed by atoms with Gasteiger partial charge in [0.1, 0.15) is 0 Å². The van der Waals surface area contributed by atoms with Crippen molar-refractivity contribution in [1.29, 1.82) is 0 Å². The summed E-state index contributed by atoms with van der Waals surface area (Å²) in [4.78, 5) is 0. The van der Waals surface area contributed by atoms with Crippen LogP contribution in [0.4, 0.5) is 0 Å². The third kappa shape index (κ3) is 15.0. The minimum atomic E-state index is 0.386. The molecule has 0 saturated heterocycles. The quantitative estimate of drug-likeness (QED) is 0.0567. The molecule has 0 bridgehead atoms. The van der Waals surface area contributed by atoms with E-state index in [1.165, 1.54) is 199 Å². The Morgan fingerprint density at radius 3 is 0.881 bits per heavy atom. The van der Waals surface area contributed by atoms with Gasteiger partial charge in [0.25, 0.3) is 0 Å². The molecule has 0 heteroatoms. The van der Waals surface area contributed by atoms with E-state index in [1.54, 1.807) is 0 Å². The first kappa shape index (κ1) is 59.0. The van der Waals surface area contributed by atoms with Crippen molar-refractivity contribution in [1.82, 2.24) is 0 Å². The molecule has 0 radical (unpaired) electrons. The van der Waals surface area contributed by atoms with Gasteiger partial charge in [-0.15, -0.1) is 0 Å². The third-order valence-corrected chi connectivity index (χ3v) is 20.2. The van der Waals surface area contributed by atoms with Crippen molar-refractivity contribution in [3.63, 3.8) is 0 Å². The normalized spacial score (nSPS) is 20.4. The largest absolute Gasteiger partial charge is 0.0654 e. The zero-order chi connectivity index (χ0) is 45.5. The van der Waals surface area contributed by atoms with Crippen molar-refractivity contribution < 1.29 is 0 Å². The van der Waals surface area contributed by atoms with E-state index in [1.807, 2.05) is 0 Å². The molecule has 0 aliphatic heterocycles. The SMILES string of the molecule is CCCCC(C)(C)C(C)(CCCC)C(C)(CCCC)C(C)(CC)CCCC.CCCCC(C)(CC)C(C)(CCCC)C(C)(CCCC)C(C)(C)CCCCC1CCCC1. The summed E-state index contributed by atoms with van der Waals surface area (Å²) in [6.07, 6.45) is 43.2. The fourth-order valence-electron chi connectivity index (χ4n) is 13.6. The molecule has 0 aromatic heterocycles. The van der Waals surface area contributed by atoms with Gasteiger partial charge >= 0.3 is 0 Å². The van der Waals surface area contributed by atoms with Crippen LogP contribution in [0.2, 0.25) is 0 Å². The molecule has 0 aromatic carbocycles. The summed E-state index contributed by atoms with van der Waals surface area (Å²) in [6, 6.07) is 0. The van der Waals surface area contributed by atoms with E-state index in [-0.39, 0.29) is 0 Å². The summed E-state index contributed by atoms with van der Waals surface area (Å²) in [5.41, 5.74) is 3.21. The van der Waals surface area contributed by atoms with Gasteiger partial charge in [0.15, 0.2) is 0 Å². The molecule has 1 aliphatic rings. The summed E-state index contributed by atoms with van der Waals surface area (Å²) < 4.78 is 0. The zero-order valence-electron chi connectivity index (χ0n) is 45.5. The van der Waals surface area contributed by atoms with E-state index in [4.69, 9.17) is 0 Å². The molecule has 0 N–H and O–H groups in total. The molecule has 1 saturated carbocycles. The molecule has 6 atom stereocenters. The van der Waals surface area contributed by atoms with E-state index < -0.39 is 0 Å². The lowest BCUT2D eigenvalue weighted by atomic mass is 9.41. The fourth-order valence-corrected chi connectivity index (χ4v) is 13.6. The Balaban J connectivity index is 0.00000116. The van der Waals surface area contributed by atoms with Gasteiger partial charge in [-0.3, -0.25) is 0 Å². The summed E-state index contributed by atoms with van der Waals surface area (Å²) in [5.74, 6) is 1.05. The van der Waals surface area contributed by atoms with Crippen LogP contribution in [0.1, 0.15) is 331 Å². The first-order valence-corrected chi connectivity index (χ1v) is 27.6. The predicted octanol–water partition coefficient (Wildman–Crippen LogP) is 22.0. The van der Waals surface area contributed by atoms with Gasteiger partial charge in [-0.05, 0) is 101 Å². The Labute approximate surface area is 378 Å². The molecule has 1 rings (SSSR count). The molecule has 0 aromatic rings. The number of hydrogen-bond donors (Lipinski definition) is 0. The maximum absolute atomic E-state index is 2.75. The lowest BCUT2D eigenvalue weighted by Gasteiger charge is -2.63. The first-order valence-electron chi connectivity index (χ1n) is 27.6. The highest BCUT2D eigenvalue weighted by Gasteiger charge is 2.60. The Morgan fingerprint density at radius 2 is 0.576 bits per heavy atom. The van der Waals surface area contributed by atoms with E-state index in [0.29, 0.717) is 43.3 Å². The predicted molar refractivity (Wildman–Crippen MR) is 274 cm³/mol. The van der Waals surface area contributed by atoms with Gasteiger partial charge in [-0.2, -0.15) is 0 Å². The summed E-state index contributed by atoms with van der Waals surface area (Å²) >= 11 is 0.